The van der Waals surface area contributed by atoms with E-state index in [9.17, 15) is 13.2 Å². The van der Waals surface area contributed by atoms with Gasteiger partial charge in [0.1, 0.15) is 0 Å². The zero-order valence-corrected chi connectivity index (χ0v) is 14.7. The van der Waals surface area contributed by atoms with E-state index in [2.05, 4.69) is 20.8 Å². The summed E-state index contributed by atoms with van der Waals surface area (Å²) in [7, 11) is -3.40. The van der Waals surface area contributed by atoms with Gasteiger partial charge in [-0.15, -0.1) is 10.2 Å². The summed E-state index contributed by atoms with van der Waals surface area (Å²) in [5.41, 5.74) is 0.872. The topological polar surface area (TPSA) is 105 Å². The van der Waals surface area contributed by atoms with Gasteiger partial charge in [-0.05, 0) is 30.3 Å². The van der Waals surface area contributed by atoms with Crippen LogP contribution in [0.2, 0.25) is 5.02 Å². The number of urea groups is 1. The van der Waals surface area contributed by atoms with E-state index in [1.165, 1.54) is 18.2 Å². The average molecular weight is 380 g/mol. The number of halogens is 1. The molecule has 3 aromatic rings. The molecule has 0 aliphatic heterocycles. The minimum Gasteiger partial charge on any atom is -0.331 e. The van der Waals surface area contributed by atoms with Crippen LogP contribution < -0.4 is 10.6 Å². The Morgan fingerprint density at radius 2 is 2.04 bits per heavy atom. The summed E-state index contributed by atoms with van der Waals surface area (Å²) in [4.78, 5) is 12.1. The van der Waals surface area contributed by atoms with Crippen LogP contribution in [0.15, 0.2) is 47.5 Å². The standard InChI is InChI=1S/C15H14ClN5O3S/c1-25(23,24)10-5-6-11(16)12(8-10)18-15(22)17-9-14-20-19-13-4-2-3-7-21(13)14/h2-8H,9H2,1H3,(H2,17,18,22). The van der Waals surface area contributed by atoms with Gasteiger partial charge in [0.05, 0.1) is 22.2 Å². The minimum atomic E-state index is -3.40. The molecule has 10 heteroatoms. The Bertz CT molecular complexity index is 1050. The molecule has 0 saturated carbocycles. The number of sulfone groups is 1. The maximum atomic E-state index is 12.1. The van der Waals surface area contributed by atoms with Crippen molar-refractivity contribution in [3.8, 4) is 0 Å². The quantitative estimate of drug-likeness (QED) is 0.722. The Kier molecular flexibility index (Phi) is 4.60. The summed E-state index contributed by atoms with van der Waals surface area (Å²) in [5.74, 6) is 0.557. The number of hydrogen-bond donors (Lipinski definition) is 2. The first-order valence-corrected chi connectivity index (χ1v) is 9.44. The molecule has 0 unspecified atom stereocenters. The zero-order valence-electron chi connectivity index (χ0n) is 13.1. The van der Waals surface area contributed by atoms with Crippen molar-refractivity contribution >= 4 is 38.8 Å². The number of nitrogens with one attached hydrogen (secondary N) is 2. The lowest BCUT2D eigenvalue weighted by Crippen LogP contribution is -2.29. The number of amides is 2. The molecular formula is C15H14ClN5O3S. The largest absolute Gasteiger partial charge is 0.331 e. The fourth-order valence-corrected chi connectivity index (χ4v) is 2.98. The molecule has 3 rings (SSSR count). The van der Waals surface area contributed by atoms with E-state index < -0.39 is 15.9 Å². The first kappa shape index (κ1) is 17.2. The molecule has 0 spiro atoms. The molecule has 0 fully saturated rings. The molecule has 0 bridgehead atoms. The molecule has 0 atom stereocenters. The molecule has 25 heavy (non-hydrogen) atoms. The van der Waals surface area contributed by atoms with E-state index in [1.807, 2.05) is 12.1 Å². The molecule has 130 valence electrons. The van der Waals surface area contributed by atoms with Crippen molar-refractivity contribution in [1.29, 1.82) is 0 Å². The summed E-state index contributed by atoms with van der Waals surface area (Å²) in [6.45, 7) is 0.139. The van der Waals surface area contributed by atoms with Gasteiger partial charge in [-0.2, -0.15) is 0 Å². The molecule has 0 aliphatic carbocycles. The van der Waals surface area contributed by atoms with Crippen LogP contribution in [0.4, 0.5) is 10.5 Å². The average Bonchev–Trinajstić information content (AvgIpc) is 2.97. The molecule has 0 saturated heterocycles. The highest BCUT2D eigenvalue weighted by Crippen LogP contribution is 2.25. The van der Waals surface area contributed by atoms with Crippen LogP contribution >= 0.6 is 11.6 Å². The van der Waals surface area contributed by atoms with Gasteiger partial charge in [0.2, 0.25) is 0 Å². The molecule has 2 N–H and O–H groups in total. The fraction of sp³-hybridized carbons (Fsp3) is 0.133. The number of nitrogens with zero attached hydrogens (tertiary/aromatic N) is 3. The fourth-order valence-electron chi connectivity index (χ4n) is 2.17. The van der Waals surface area contributed by atoms with Crippen LogP contribution in [0.25, 0.3) is 5.65 Å². The number of aromatic nitrogens is 3. The second-order valence-electron chi connectivity index (χ2n) is 5.27. The van der Waals surface area contributed by atoms with Crippen LogP contribution in [0.3, 0.4) is 0 Å². The van der Waals surface area contributed by atoms with E-state index in [-0.39, 0.29) is 22.2 Å². The summed E-state index contributed by atoms with van der Waals surface area (Å²) >= 11 is 6.00. The van der Waals surface area contributed by atoms with Gasteiger partial charge in [-0.25, -0.2) is 13.2 Å². The Morgan fingerprint density at radius 3 is 2.80 bits per heavy atom. The second-order valence-corrected chi connectivity index (χ2v) is 7.69. The van der Waals surface area contributed by atoms with Crippen LogP contribution in [-0.4, -0.2) is 35.3 Å². The van der Waals surface area contributed by atoms with Crippen molar-refractivity contribution in [3.63, 3.8) is 0 Å². The van der Waals surface area contributed by atoms with Gasteiger partial charge in [-0.3, -0.25) is 4.40 Å². The van der Waals surface area contributed by atoms with Crippen LogP contribution in [0.1, 0.15) is 5.82 Å². The Morgan fingerprint density at radius 1 is 1.24 bits per heavy atom. The summed E-state index contributed by atoms with van der Waals surface area (Å²) in [6.07, 6.45) is 2.87. The highest BCUT2D eigenvalue weighted by atomic mass is 35.5. The number of carbonyl (C=O) groups is 1. The summed E-state index contributed by atoms with van der Waals surface area (Å²) < 4.78 is 24.9. The van der Waals surface area contributed by atoms with Gasteiger partial charge in [0, 0.05) is 12.5 Å². The number of fused-ring (bicyclic) bond motifs is 1. The van der Waals surface area contributed by atoms with E-state index in [0.717, 1.165) is 6.26 Å². The van der Waals surface area contributed by atoms with E-state index in [4.69, 9.17) is 11.6 Å². The molecule has 8 nitrogen and oxygen atoms in total. The lowest BCUT2D eigenvalue weighted by Gasteiger charge is -2.10. The first-order valence-electron chi connectivity index (χ1n) is 7.18. The van der Waals surface area contributed by atoms with Crippen molar-refractivity contribution in [2.45, 2.75) is 11.4 Å². The molecule has 1 aromatic carbocycles. The van der Waals surface area contributed by atoms with Crippen LogP contribution in [-0.2, 0) is 16.4 Å². The number of carbonyl (C=O) groups excluding carboxylic acids is 1. The highest BCUT2D eigenvalue weighted by Gasteiger charge is 2.13. The maximum Gasteiger partial charge on any atom is 0.319 e. The maximum absolute atomic E-state index is 12.1. The lowest BCUT2D eigenvalue weighted by atomic mass is 10.3. The number of rotatable bonds is 4. The van der Waals surface area contributed by atoms with Gasteiger partial charge >= 0.3 is 6.03 Å². The van der Waals surface area contributed by atoms with E-state index in [0.29, 0.717) is 11.5 Å². The highest BCUT2D eigenvalue weighted by molar-refractivity contribution is 7.90. The second kappa shape index (κ2) is 6.69. The molecule has 0 aliphatic rings. The number of pyridine rings is 1. The zero-order chi connectivity index (χ0) is 18.0. The van der Waals surface area contributed by atoms with Crippen molar-refractivity contribution in [2.24, 2.45) is 0 Å². The third-order valence-electron chi connectivity index (χ3n) is 3.41. The Balaban J connectivity index is 1.71. The molecular weight excluding hydrogens is 366 g/mol. The van der Waals surface area contributed by atoms with Gasteiger partial charge in [0.25, 0.3) is 0 Å². The molecule has 2 aromatic heterocycles. The monoisotopic (exact) mass is 379 g/mol. The number of hydrogen-bond acceptors (Lipinski definition) is 5. The van der Waals surface area contributed by atoms with Crippen LogP contribution in [0, 0.1) is 0 Å². The molecule has 2 heterocycles. The third kappa shape index (κ3) is 3.89. The Hall–Kier alpha value is -2.65. The van der Waals surface area contributed by atoms with Gasteiger partial charge in [-0.1, -0.05) is 17.7 Å². The summed E-state index contributed by atoms with van der Waals surface area (Å²) in [6, 6.07) is 9.03. The SMILES string of the molecule is CS(=O)(=O)c1ccc(Cl)c(NC(=O)NCc2nnc3ccccn23)c1. The van der Waals surface area contributed by atoms with E-state index in [1.54, 1.807) is 16.7 Å². The number of benzene rings is 1. The smallest absolute Gasteiger partial charge is 0.319 e. The predicted octanol–water partition coefficient (Wildman–Crippen LogP) is 2.11. The van der Waals surface area contributed by atoms with Gasteiger partial charge < -0.3 is 10.6 Å². The summed E-state index contributed by atoms with van der Waals surface area (Å²) in [5, 5.41) is 13.4. The Labute approximate surface area is 148 Å². The first-order chi connectivity index (χ1) is 11.8. The predicted molar refractivity (Wildman–Crippen MR) is 93.4 cm³/mol. The van der Waals surface area contributed by atoms with Crippen molar-refractivity contribution in [1.82, 2.24) is 19.9 Å². The normalized spacial score (nSPS) is 11.4. The van der Waals surface area contributed by atoms with E-state index >= 15 is 0 Å². The molecule has 2 amide bonds. The molecule has 0 radical (unpaired) electrons. The lowest BCUT2D eigenvalue weighted by molar-refractivity contribution is 0.251. The minimum absolute atomic E-state index is 0.0654. The van der Waals surface area contributed by atoms with Crippen molar-refractivity contribution in [2.75, 3.05) is 11.6 Å². The van der Waals surface area contributed by atoms with Crippen molar-refractivity contribution in [3.05, 3.63) is 53.4 Å². The van der Waals surface area contributed by atoms with Gasteiger partial charge in [0.15, 0.2) is 21.3 Å². The third-order valence-corrected chi connectivity index (χ3v) is 4.85. The van der Waals surface area contributed by atoms with Crippen molar-refractivity contribution < 1.29 is 13.2 Å². The van der Waals surface area contributed by atoms with Crippen LogP contribution in [0.5, 0.6) is 0 Å². The number of anilines is 1.